The van der Waals surface area contributed by atoms with Crippen LogP contribution in [0.1, 0.15) is 17.3 Å². The molecule has 0 spiro atoms. The van der Waals surface area contributed by atoms with Crippen molar-refractivity contribution in [3.63, 3.8) is 0 Å². The second-order valence-corrected chi connectivity index (χ2v) is 5.77. The van der Waals surface area contributed by atoms with Gasteiger partial charge in [0.15, 0.2) is 0 Å². The highest BCUT2D eigenvalue weighted by Crippen LogP contribution is 2.29. The van der Waals surface area contributed by atoms with Gasteiger partial charge >= 0.3 is 0 Å². The number of nitrogens with one attached hydrogen (secondary N) is 2. The summed E-state index contributed by atoms with van der Waals surface area (Å²) in [7, 11) is 1.49. The van der Waals surface area contributed by atoms with Crippen molar-refractivity contribution in [1.29, 1.82) is 0 Å². The highest BCUT2D eigenvalue weighted by Gasteiger charge is 2.14. The van der Waals surface area contributed by atoms with Crippen molar-refractivity contribution in [3.8, 4) is 11.5 Å². The number of carbonyl (C=O) groups is 2. The quantitative estimate of drug-likeness (QED) is 0.668. The summed E-state index contributed by atoms with van der Waals surface area (Å²) in [4.78, 5) is 23.9. The van der Waals surface area contributed by atoms with Gasteiger partial charge < -0.3 is 20.5 Å². The number of anilines is 2. The van der Waals surface area contributed by atoms with E-state index in [2.05, 4.69) is 10.6 Å². The fourth-order valence-corrected chi connectivity index (χ4v) is 2.68. The highest BCUT2D eigenvalue weighted by molar-refractivity contribution is 6.09. The predicted octanol–water partition coefficient (Wildman–Crippen LogP) is 3.76. The van der Waals surface area contributed by atoms with Gasteiger partial charge in [-0.15, -0.1) is 0 Å². The molecule has 26 heavy (non-hydrogen) atoms. The molecule has 0 saturated carbocycles. The van der Waals surface area contributed by atoms with E-state index in [-0.39, 0.29) is 17.2 Å². The maximum absolute atomic E-state index is 12.6. The molecule has 0 aliphatic rings. The molecule has 0 aliphatic carbocycles. The summed E-state index contributed by atoms with van der Waals surface area (Å²) in [5.74, 6) is -0.324. The van der Waals surface area contributed by atoms with Crippen molar-refractivity contribution in [2.45, 2.75) is 6.92 Å². The Morgan fingerprint density at radius 2 is 1.65 bits per heavy atom. The summed E-state index contributed by atoms with van der Waals surface area (Å²) in [5.41, 5.74) is 1.08. The third-order valence-corrected chi connectivity index (χ3v) is 3.88. The van der Waals surface area contributed by atoms with Gasteiger partial charge in [-0.1, -0.05) is 24.3 Å². The molecule has 0 fully saturated rings. The average molecular weight is 350 g/mol. The van der Waals surface area contributed by atoms with Crippen LogP contribution in [0, 0.1) is 0 Å². The number of amides is 2. The SMILES string of the molecule is COc1ccc(NC(=O)c2cc3ccccc3cc2O)cc1NC(C)=O. The minimum atomic E-state index is -0.452. The Bertz CT molecular complexity index is 998. The van der Waals surface area contributed by atoms with Gasteiger partial charge in [-0.05, 0) is 41.1 Å². The standard InChI is InChI=1S/C20H18N2O4/c1-12(23)21-17-11-15(7-8-19(17)26-2)22-20(25)16-9-13-5-3-4-6-14(13)10-18(16)24/h3-11,24H,1-2H3,(H,21,23)(H,22,25). The van der Waals surface area contributed by atoms with Crippen LogP contribution in [0.15, 0.2) is 54.6 Å². The maximum Gasteiger partial charge on any atom is 0.259 e. The molecule has 3 rings (SSSR count). The van der Waals surface area contributed by atoms with Crippen LogP contribution in [-0.2, 0) is 4.79 Å². The first-order chi connectivity index (χ1) is 12.5. The lowest BCUT2D eigenvalue weighted by atomic mass is 10.1. The second kappa shape index (κ2) is 7.14. The Morgan fingerprint density at radius 3 is 2.31 bits per heavy atom. The van der Waals surface area contributed by atoms with E-state index in [1.807, 2.05) is 24.3 Å². The first-order valence-corrected chi connectivity index (χ1v) is 7.96. The van der Waals surface area contributed by atoms with Crippen LogP contribution in [0.25, 0.3) is 10.8 Å². The number of benzene rings is 3. The zero-order chi connectivity index (χ0) is 18.7. The number of phenolic OH excluding ortho intramolecular Hbond substituents is 1. The van der Waals surface area contributed by atoms with Crippen LogP contribution in [0.2, 0.25) is 0 Å². The van der Waals surface area contributed by atoms with Crippen LogP contribution < -0.4 is 15.4 Å². The van der Waals surface area contributed by atoms with Gasteiger partial charge in [-0.2, -0.15) is 0 Å². The lowest BCUT2D eigenvalue weighted by molar-refractivity contribution is -0.114. The zero-order valence-electron chi connectivity index (χ0n) is 14.4. The number of phenols is 1. The van der Waals surface area contributed by atoms with E-state index in [0.717, 1.165) is 10.8 Å². The number of aromatic hydroxyl groups is 1. The van der Waals surface area contributed by atoms with Crippen LogP contribution in [0.3, 0.4) is 0 Å². The van der Waals surface area contributed by atoms with Gasteiger partial charge in [0.05, 0.1) is 18.4 Å². The van der Waals surface area contributed by atoms with Gasteiger partial charge in [0.25, 0.3) is 5.91 Å². The molecule has 0 unspecified atom stereocenters. The third kappa shape index (κ3) is 3.59. The van der Waals surface area contributed by atoms with Crippen molar-refractivity contribution in [3.05, 3.63) is 60.2 Å². The molecule has 132 valence electrons. The van der Waals surface area contributed by atoms with Crippen molar-refractivity contribution >= 4 is 34.0 Å². The fraction of sp³-hybridized carbons (Fsp3) is 0.100. The molecule has 3 aromatic rings. The molecule has 0 bridgehead atoms. The molecule has 6 heteroatoms. The summed E-state index contributed by atoms with van der Waals surface area (Å²) in [5, 5.41) is 17.2. The number of ether oxygens (including phenoxy) is 1. The maximum atomic E-state index is 12.6. The van der Waals surface area contributed by atoms with Gasteiger partial charge in [-0.25, -0.2) is 0 Å². The number of hydrogen-bond donors (Lipinski definition) is 3. The first-order valence-electron chi connectivity index (χ1n) is 7.96. The Hall–Kier alpha value is -3.54. The number of carbonyl (C=O) groups excluding carboxylic acids is 2. The first kappa shape index (κ1) is 17.3. The monoisotopic (exact) mass is 350 g/mol. The van der Waals surface area contributed by atoms with Crippen molar-refractivity contribution in [1.82, 2.24) is 0 Å². The van der Waals surface area contributed by atoms with Crippen LogP contribution in [0.4, 0.5) is 11.4 Å². The fourth-order valence-electron chi connectivity index (χ4n) is 2.68. The van der Waals surface area contributed by atoms with E-state index in [4.69, 9.17) is 4.74 Å². The molecular weight excluding hydrogens is 332 g/mol. The van der Waals surface area contributed by atoms with Gasteiger partial charge in [0.1, 0.15) is 11.5 Å². The summed E-state index contributed by atoms with van der Waals surface area (Å²) in [6, 6.07) is 15.5. The third-order valence-electron chi connectivity index (χ3n) is 3.88. The Kier molecular flexibility index (Phi) is 4.75. The van der Waals surface area contributed by atoms with Crippen molar-refractivity contribution < 1.29 is 19.4 Å². The second-order valence-electron chi connectivity index (χ2n) is 5.77. The Balaban J connectivity index is 1.90. The molecule has 0 atom stereocenters. The lowest BCUT2D eigenvalue weighted by Crippen LogP contribution is -2.13. The van der Waals surface area contributed by atoms with E-state index in [9.17, 15) is 14.7 Å². The molecule has 3 aromatic carbocycles. The smallest absolute Gasteiger partial charge is 0.259 e. The van der Waals surface area contributed by atoms with Crippen LogP contribution in [-0.4, -0.2) is 24.0 Å². The van der Waals surface area contributed by atoms with E-state index >= 15 is 0 Å². The average Bonchev–Trinajstić information content (AvgIpc) is 2.60. The molecule has 0 aromatic heterocycles. The Labute approximate surface area is 150 Å². The normalized spacial score (nSPS) is 10.4. The highest BCUT2D eigenvalue weighted by atomic mass is 16.5. The molecule has 2 amide bonds. The molecule has 0 radical (unpaired) electrons. The summed E-state index contributed by atoms with van der Waals surface area (Å²) in [6.07, 6.45) is 0. The van der Waals surface area contributed by atoms with Crippen molar-refractivity contribution in [2.75, 3.05) is 17.7 Å². The van der Waals surface area contributed by atoms with E-state index in [1.54, 1.807) is 30.3 Å². The lowest BCUT2D eigenvalue weighted by Gasteiger charge is -2.12. The van der Waals surface area contributed by atoms with Crippen LogP contribution >= 0.6 is 0 Å². The summed E-state index contributed by atoms with van der Waals surface area (Å²) in [6.45, 7) is 1.39. The van der Waals surface area contributed by atoms with Crippen molar-refractivity contribution in [2.24, 2.45) is 0 Å². The zero-order valence-corrected chi connectivity index (χ0v) is 14.4. The number of rotatable bonds is 4. The summed E-state index contributed by atoms with van der Waals surface area (Å²) >= 11 is 0. The molecule has 0 aliphatic heterocycles. The predicted molar refractivity (Wildman–Crippen MR) is 101 cm³/mol. The Morgan fingerprint density at radius 1 is 0.962 bits per heavy atom. The minimum absolute atomic E-state index is 0.100. The largest absolute Gasteiger partial charge is 0.507 e. The van der Waals surface area contributed by atoms with Gasteiger partial charge in [0.2, 0.25) is 5.91 Å². The minimum Gasteiger partial charge on any atom is -0.507 e. The van der Waals surface area contributed by atoms with Gasteiger partial charge in [-0.3, -0.25) is 9.59 Å². The van der Waals surface area contributed by atoms with E-state index < -0.39 is 5.91 Å². The summed E-state index contributed by atoms with van der Waals surface area (Å²) < 4.78 is 5.19. The molecule has 3 N–H and O–H groups in total. The topological polar surface area (TPSA) is 87.7 Å². The van der Waals surface area contributed by atoms with Gasteiger partial charge in [0, 0.05) is 12.6 Å². The molecular formula is C20H18N2O4. The van der Waals surface area contributed by atoms with E-state index in [0.29, 0.717) is 17.1 Å². The molecule has 6 nitrogen and oxygen atoms in total. The number of fused-ring (bicyclic) bond motifs is 1. The molecule has 0 saturated heterocycles. The number of hydrogen-bond acceptors (Lipinski definition) is 4. The van der Waals surface area contributed by atoms with E-state index in [1.165, 1.54) is 14.0 Å². The number of methoxy groups -OCH3 is 1. The van der Waals surface area contributed by atoms with Crippen LogP contribution in [0.5, 0.6) is 11.5 Å². The molecule has 0 heterocycles.